The fraction of sp³-hybridized carbons (Fsp3) is 0.308. The number of halogens is 3. The molecule has 1 aromatic heterocycles. The van der Waals surface area contributed by atoms with Gasteiger partial charge < -0.3 is 20.7 Å². The van der Waals surface area contributed by atoms with E-state index in [0.717, 1.165) is 37.6 Å². The van der Waals surface area contributed by atoms with Crippen LogP contribution in [-0.2, 0) is 12.8 Å². The Balaban J connectivity index is 1.44. The Kier molecular flexibility index (Phi) is 7.25. The molecule has 0 bridgehead atoms. The number of hydrogen-bond donors (Lipinski definition) is 2. The maximum Gasteiger partial charge on any atom is 0.416 e. The number of likely N-dealkylation sites (tertiary alicyclic amines) is 1. The van der Waals surface area contributed by atoms with Crippen LogP contribution < -0.4 is 15.8 Å². The third kappa shape index (κ3) is 6.10. The average molecular weight is 485 g/mol. The van der Waals surface area contributed by atoms with Gasteiger partial charge in [-0.05, 0) is 62.8 Å². The van der Waals surface area contributed by atoms with Gasteiger partial charge in [-0.25, -0.2) is 4.98 Å². The minimum absolute atomic E-state index is 0.00443. The van der Waals surface area contributed by atoms with E-state index < -0.39 is 11.7 Å². The maximum absolute atomic E-state index is 13.3. The number of piperidine rings is 1. The van der Waals surface area contributed by atoms with Crippen molar-refractivity contribution in [3.05, 3.63) is 77.5 Å². The third-order valence-corrected chi connectivity index (χ3v) is 6.12. The summed E-state index contributed by atoms with van der Waals surface area (Å²) in [6.45, 7) is 1.61. The summed E-state index contributed by atoms with van der Waals surface area (Å²) in [7, 11) is 2.07. The van der Waals surface area contributed by atoms with Crippen molar-refractivity contribution in [2.45, 2.75) is 31.7 Å². The molecule has 0 saturated carbocycles. The molecule has 1 fully saturated rings. The molecule has 0 spiro atoms. The van der Waals surface area contributed by atoms with Crippen molar-refractivity contribution in [2.75, 3.05) is 25.9 Å². The zero-order valence-electron chi connectivity index (χ0n) is 19.3. The van der Waals surface area contributed by atoms with E-state index in [9.17, 15) is 18.0 Å². The zero-order chi connectivity index (χ0) is 25.0. The lowest BCUT2D eigenvalue weighted by Gasteiger charge is -2.29. The maximum atomic E-state index is 13.3. The first-order valence-corrected chi connectivity index (χ1v) is 11.3. The summed E-state index contributed by atoms with van der Waals surface area (Å²) < 4.78 is 45.4. The van der Waals surface area contributed by atoms with E-state index in [4.69, 9.17) is 10.5 Å². The van der Waals surface area contributed by atoms with Gasteiger partial charge in [0.25, 0.3) is 5.91 Å². The Morgan fingerprint density at radius 1 is 1.11 bits per heavy atom. The summed E-state index contributed by atoms with van der Waals surface area (Å²) in [5.74, 6) is 0.143. The van der Waals surface area contributed by atoms with Crippen LogP contribution in [0, 0.1) is 0 Å². The highest BCUT2D eigenvalue weighted by atomic mass is 19.4. The number of ether oxygens (including phenoxy) is 1. The van der Waals surface area contributed by atoms with E-state index in [0.29, 0.717) is 11.1 Å². The lowest BCUT2D eigenvalue weighted by atomic mass is 10.0. The van der Waals surface area contributed by atoms with Crippen molar-refractivity contribution in [2.24, 2.45) is 0 Å². The first-order valence-electron chi connectivity index (χ1n) is 11.3. The molecule has 0 unspecified atom stereocenters. The molecule has 1 aliphatic rings. The Hall–Kier alpha value is -3.59. The quantitative estimate of drug-likeness (QED) is 0.528. The van der Waals surface area contributed by atoms with Crippen LogP contribution in [0.3, 0.4) is 0 Å². The lowest BCUT2D eigenvalue weighted by Crippen LogP contribution is -2.43. The van der Waals surface area contributed by atoms with Gasteiger partial charge in [0.1, 0.15) is 6.61 Å². The molecule has 2 aromatic carbocycles. The smallest absolute Gasteiger partial charge is 0.416 e. The highest BCUT2D eigenvalue weighted by Crippen LogP contribution is 2.33. The van der Waals surface area contributed by atoms with Crippen LogP contribution in [-0.4, -0.2) is 42.0 Å². The molecule has 6 nitrogen and oxygen atoms in total. The SMILES string of the molecule is CN1CCC(NC(=O)c2ccc(-c3cnc(N)c(OCc4ccccc4C(F)(F)F)c3)cc2)CC1. The second-order valence-corrected chi connectivity index (χ2v) is 8.68. The van der Waals surface area contributed by atoms with Crippen molar-refractivity contribution in [1.29, 1.82) is 0 Å². The number of nitrogens with two attached hydrogens (primary N) is 1. The number of nitrogen functional groups attached to an aromatic ring is 1. The molecule has 3 N–H and O–H groups in total. The normalized spacial score (nSPS) is 15.1. The van der Waals surface area contributed by atoms with Gasteiger partial charge in [-0.3, -0.25) is 4.79 Å². The zero-order valence-corrected chi connectivity index (χ0v) is 19.3. The van der Waals surface area contributed by atoms with Crippen LogP contribution in [0.1, 0.15) is 34.3 Å². The molecule has 184 valence electrons. The van der Waals surface area contributed by atoms with Gasteiger partial charge >= 0.3 is 6.18 Å². The fourth-order valence-corrected chi connectivity index (χ4v) is 4.04. The molecular weight excluding hydrogens is 457 g/mol. The average Bonchev–Trinajstić information content (AvgIpc) is 2.84. The second-order valence-electron chi connectivity index (χ2n) is 8.68. The Morgan fingerprint density at radius 2 is 1.80 bits per heavy atom. The predicted octanol–water partition coefficient (Wildman–Crippen LogP) is 4.75. The molecule has 3 aromatic rings. The second kappa shape index (κ2) is 10.4. The first kappa shape index (κ1) is 24.5. The summed E-state index contributed by atoms with van der Waals surface area (Å²) in [6, 6.07) is 14.1. The van der Waals surface area contributed by atoms with Crippen LogP contribution in [0.25, 0.3) is 11.1 Å². The summed E-state index contributed by atoms with van der Waals surface area (Å²) in [4.78, 5) is 19.0. The van der Waals surface area contributed by atoms with E-state index >= 15 is 0 Å². The largest absolute Gasteiger partial charge is 0.485 e. The van der Waals surface area contributed by atoms with Crippen molar-refractivity contribution >= 4 is 11.7 Å². The molecule has 2 heterocycles. The highest BCUT2D eigenvalue weighted by molar-refractivity contribution is 5.94. The fourth-order valence-electron chi connectivity index (χ4n) is 4.04. The minimum Gasteiger partial charge on any atom is -0.485 e. The number of hydrogen-bond acceptors (Lipinski definition) is 5. The van der Waals surface area contributed by atoms with Crippen LogP contribution in [0.2, 0.25) is 0 Å². The van der Waals surface area contributed by atoms with Gasteiger partial charge in [-0.2, -0.15) is 13.2 Å². The summed E-state index contributed by atoms with van der Waals surface area (Å²) >= 11 is 0. The van der Waals surface area contributed by atoms with Gasteiger partial charge in [0.2, 0.25) is 0 Å². The number of rotatable bonds is 6. The van der Waals surface area contributed by atoms with Gasteiger partial charge in [-0.1, -0.05) is 30.3 Å². The van der Waals surface area contributed by atoms with Crippen LogP contribution >= 0.6 is 0 Å². The molecule has 0 atom stereocenters. The molecule has 9 heteroatoms. The number of carbonyl (C=O) groups is 1. The van der Waals surface area contributed by atoms with Gasteiger partial charge in [-0.15, -0.1) is 0 Å². The van der Waals surface area contributed by atoms with Crippen molar-refractivity contribution in [1.82, 2.24) is 15.2 Å². The number of benzene rings is 2. The van der Waals surface area contributed by atoms with E-state index in [-0.39, 0.29) is 35.7 Å². The van der Waals surface area contributed by atoms with Crippen LogP contribution in [0.4, 0.5) is 19.0 Å². The third-order valence-electron chi connectivity index (χ3n) is 6.12. The molecule has 1 saturated heterocycles. The lowest BCUT2D eigenvalue weighted by molar-refractivity contribution is -0.138. The summed E-state index contributed by atoms with van der Waals surface area (Å²) in [5.41, 5.74) is 7.15. The number of nitrogens with one attached hydrogen (secondary N) is 1. The number of nitrogens with zero attached hydrogens (tertiary/aromatic N) is 2. The van der Waals surface area contributed by atoms with E-state index in [1.54, 1.807) is 36.5 Å². The van der Waals surface area contributed by atoms with Crippen LogP contribution in [0.15, 0.2) is 60.8 Å². The summed E-state index contributed by atoms with van der Waals surface area (Å²) in [5, 5.41) is 3.08. The molecule has 35 heavy (non-hydrogen) atoms. The Labute approximate surface area is 201 Å². The number of aromatic nitrogens is 1. The minimum atomic E-state index is -4.48. The van der Waals surface area contributed by atoms with E-state index in [2.05, 4.69) is 22.2 Å². The highest BCUT2D eigenvalue weighted by Gasteiger charge is 2.33. The van der Waals surface area contributed by atoms with Gasteiger partial charge in [0.05, 0.1) is 5.56 Å². The van der Waals surface area contributed by atoms with Crippen molar-refractivity contribution in [3.63, 3.8) is 0 Å². The predicted molar refractivity (Wildman–Crippen MR) is 128 cm³/mol. The standard InChI is InChI=1S/C26H27F3N4O2/c1-33-12-10-21(11-13-33)32-25(34)18-8-6-17(7-9-18)20-14-23(24(30)31-15-20)35-16-19-4-2-3-5-22(19)26(27,28)29/h2-9,14-15,21H,10-13,16H2,1H3,(H2,30,31)(H,32,34). The molecule has 1 aliphatic heterocycles. The van der Waals surface area contributed by atoms with Gasteiger partial charge in [0, 0.05) is 28.9 Å². The molecule has 0 aliphatic carbocycles. The summed E-state index contributed by atoms with van der Waals surface area (Å²) in [6.07, 6.45) is -1.08. The Bertz CT molecular complexity index is 1170. The number of amides is 1. The first-order chi connectivity index (χ1) is 16.7. The van der Waals surface area contributed by atoms with Crippen molar-refractivity contribution < 1.29 is 22.7 Å². The topological polar surface area (TPSA) is 80.5 Å². The monoisotopic (exact) mass is 484 g/mol. The number of anilines is 1. The van der Waals surface area contributed by atoms with Crippen molar-refractivity contribution in [3.8, 4) is 16.9 Å². The van der Waals surface area contributed by atoms with E-state index in [1.165, 1.54) is 18.2 Å². The molecular formula is C26H27F3N4O2. The number of alkyl halides is 3. The number of carbonyl (C=O) groups excluding carboxylic acids is 1. The number of pyridine rings is 1. The molecule has 1 amide bonds. The Morgan fingerprint density at radius 3 is 2.49 bits per heavy atom. The molecule has 4 rings (SSSR count). The van der Waals surface area contributed by atoms with E-state index in [1.807, 2.05) is 0 Å². The molecule has 0 radical (unpaired) electrons. The van der Waals surface area contributed by atoms with Gasteiger partial charge in [0.15, 0.2) is 11.6 Å². The van der Waals surface area contributed by atoms with Crippen LogP contribution in [0.5, 0.6) is 5.75 Å².